The lowest BCUT2D eigenvalue weighted by molar-refractivity contribution is 0.316. The smallest absolute Gasteiger partial charge is 0.0798 e. The van der Waals surface area contributed by atoms with Crippen LogP contribution in [0.1, 0.15) is 23.9 Å². The second kappa shape index (κ2) is 5.75. The van der Waals surface area contributed by atoms with Gasteiger partial charge in [0.15, 0.2) is 0 Å². The number of nitrogens with zero attached hydrogens (tertiary/aromatic N) is 2. The number of hydrogen-bond acceptors (Lipinski definition) is 4. The summed E-state index contributed by atoms with van der Waals surface area (Å²) in [4.78, 5) is 8.30. The van der Waals surface area contributed by atoms with E-state index in [2.05, 4.69) is 29.0 Å². The molecular weight excluding hydrogens is 218 g/mol. The van der Waals surface area contributed by atoms with E-state index in [4.69, 9.17) is 0 Å². The maximum atomic E-state index is 4.31. The van der Waals surface area contributed by atoms with E-state index in [-0.39, 0.29) is 0 Å². The van der Waals surface area contributed by atoms with Crippen molar-refractivity contribution in [2.24, 2.45) is 5.92 Å². The molecule has 2 heterocycles. The van der Waals surface area contributed by atoms with Crippen LogP contribution in [0.5, 0.6) is 0 Å². The Morgan fingerprint density at radius 3 is 3.19 bits per heavy atom. The van der Waals surface area contributed by atoms with Crippen LogP contribution in [0.3, 0.4) is 0 Å². The average Bonchev–Trinajstić information content (AvgIpc) is 2.87. The molecule has 90 valence electrons. The summed E-state index contributed by atoms with van der Waals surface area (Å²) in [6.07, 6.45) is 1.34. The molecule has 0 bridgehead atoms. The molecule has 1 unspecified atom stereocenters. The molecule has 1 aliphatic heterocycles. The predicted octanol–water partition coefficient (Wildman–Crippen LogP) is 1.88. The lowest BCUT2D eigenvalue weighted by atomic mass is 10.1. The fraction of sp³-hybridized carbons (Fsp3) is 0.750. The second-order valence-electron chi connectivity index (χ2n) is 4.56. The Morgan fingerprint density at radius 1 is 1.62 bits per heavy atom. The third-order valence-electron chi connectivity index (χ3n) is 3.27. The van der Waals surface area contributed by atoms with E-state index in [9.17, 15) is 0 Å². The average molecular weight is 239 g/mol. The molecule has 2 rings (SSSR count). The van der Waals surface area contributed by atoms with Crippen molar-refractivity contribution in [1.82, 2.24) is 15.2 Å². The largest absolute Gasteiger partial charge is 0.317 e. The van der Waals surface area contributed by atoms with Gasteiger partial charge < -0.3 is 5.32 Å². The van der Waals surface area contributed by atoms with Gasteiger partial charge in [-0.2, -0.15) is 0 Å². The van der Waals surface area contributed by atoms with Crippen LogP contribution in [0, 0.1) is 12.8 Å². The molecule has 0 aromatic carbocycles. The van der Waals surface area contributed by atoms with Gasteiger partial charge in [0.2, 0.25) is 0 Å². The Bertz CT molecular complexity index is 324. The van der Waals surface area contributed by atoms with Crippen LogP contribution in [-0.2, 0) is 6.54 Å². The van der Waals surface area contributed by atoms with Crippen molar-refractivity contribution >= 4 is 11.3 Å². The number of thiazole rings is 1. The van der Waals surface area contributed by atoms with Gasteiger partial charge in [-0.3, -0.25) is 4.90 Å². The molecule has 1 atom stereocenters. The zero-order valence-corrected chi connectivity index (χ0v) is 11.0. The van der Waals surface area contributed by atoms with Gasteiger partial charge in [-0.25, -0.2) is 4.98 Å². The first kappa shape index (κ1) is 12.0. The molecule has 1 aliphatic rings. The summed E-state index contributed by atoms with van der Waals surface area (Å²) in [7, 11) is 0. The highest BCUT2D eigenvalue weighted by atomic mass is 32.1. The number of rotatable bonds is 5. The van der Waals surface area contributed by atoms with E-state index in [0.29, 0.717) is 0 Å². The van der Waals surface area contributed by atoms with Gasteiger partial charge in [-0.05, 0) is 38.9 Å². The maximum Gasteiger partial charge on any atom is 0.0798 e. The van der Waals surface area contributed by atoms with Gasteiger partial charge in [0.05, 0.1) is 11.2 Å². The highest BCUT2D eigenvalue weighted by molar-refractivity contribution is 7.09. The Morgan fingerprint density at radius 2 is 2.50 bits per heavy atom. The van der Waals surface area contributed by atoms with Crippen molar-refractivity contribution in [2.45, 2.75) is 26.8 Å². The van der Waals surface area contributed by atoms with Crippen molar-refractivity contribution in [2.75, 3.05) is 26.2 Å². The standard InChI is InChI=1S/C12H21N3S/c1-3-13-6-11-4-5-15(7-11)8-12-10(2)14-9-16-12/h9,11,13H,3-8H2,1-2H3. The van der Waals surface area contributed by atoms with Gasteiger partial charge in [0.25, 0.3) is 0 Å². The molecule has 1 aromatic rings. The van der Waals surface area contributed by atoms with E-state index in [1.807, 2.05) is 5.51 Å². The van der Waals surface area contributed by atoms with Crippen LogP contribution >= 0.6 is 11.3 Å². The minimum absolute atomic E-state index is 0.841. The van der Waals surface area contributed by atoms with Crippen LogP contribution in [-0.4, -0.2) is 36.1 Å². The van der Waals surface area contributed by atoms with Crippen LogP contribution in [0.25, 0.3) is 0 Å². The molecular formula is C12H21N3S. The molecule has 16 heavy (non-hydrogen) atoms. The lowest BCUT2D eigenvalue weighted by Gasteiger charge is -2.15. The summed E-state index contributed by atoms with van der Waals surface area (Å²) in [6.45, 7) is 10.1. The summed E-state index contributed by atoms with van der Waals surface area (Å²) in [5.74, 6) is 0.841. The van der Waals surface area contributed by atoms with Crippen molar-refractivity contribution in [3.05, 3.63) is 16.1 Å². The lowest BCUT2D eigenvalue weighted by Crippen LogP contribution is -2.26. The third kappa shape index (κ3) is 3.03. The zero-order chi connectivity index (χ0) is 11.4. The molecule has 0 aliphatic carbocycles. The Labute approximate surface area is 102 Å². The molecule has 0 spiro atoms. The van der Waals surface area contributed by atoms with E-state index in [0.717, 1.165) is 19.0 Å². The number of likely N-dealkylation sites (tertiary alicyclic amines) is 1. The Balaban J connectivity index is 1.79. The van der Waals surface area contributed by atoms with E-state index in [1.165, 1.54) is 36.6 Å². The monoisotopic (exact) mass is 239 g/mol. The highest BCUT2D eigenvalue weighted by Crippen LogP contribution is 2.21. The molecule has 1 aromatic heterocycles. The number of hydrogen-bond donors (Lipinski definition) is 1. The van der Waals surface area contributed by atoms with Crippen molar-refractivity contribution in [1.29, 1.82) is 0 Å². The maximum absolute atomic E-state index is 4.31. The van der Waals surface area contributed by atoms with Crippen molar-refractivity contribution in [3.8, 4) is 0 Å². The van der Waals surface area contributed by atoms with Crippen molar-refractivity contribution in [3.63, 3.8) is 0 Å². The molecule has 1 N–H and O–H groups in total. The molecule has 1 saturated heterocycles. The van der Waals surface area contributed by atoms with Gasteiger partial charge in [0.1, 0.15) is 0 Å². The molecule has 0 amide bonds. The summed E-state index contributed by atoms with van der Waals surface area (Å²) < 4.78 is 0. The molecule has 0 radical (unpaired) electrons. The first-order valence-electron chi connectivity index (χ1n) is 6.11. The second-order valence-corrected chi connectivity index (χ2v) is 5.50. The van der Waals surface area contributed by atoms with Crippen LogP contribution in [0.15, 0.2) is 5.51 Å². The van der Waals surface area contributed by atoms with Gasteiger partial charge >= 0.3 is 0 Å². The number of nitrogens with one attached hydrogen (secondary N) is 1. The minimum atomic E-state index is 0.841. The first-order valence-corrected chi connectivity index (χ1v) is 6.99. The summed E-state index contributed by atoms with van der Waals surface area (Å²) in [5.41, 5.74) is 3.16. The Hall–Kier alpha value is -0.450. The molecule has 0 saturated carbocycles. The third-order valence-corrected chi connectivity index (χ3v) is 4.18. The van der Waals surface area contributed by atoms with Crippen molar-refractivity contribution < 1.29 is 0 Å². The quantitative estimate of drug-likeness (QED) is 0.850. The van der Waals surface area contributed by atoms with E-state index >= 15 is 0 Å². The molecule has 1 fully saturated rings. The van der Waals surface area contributed by atoms with E-state index < -0.39 is 0 Å². The fourth-order valence-electron chi connectivity index (χ4n) is 2.25. The van der Waals surface area contributed by atoms with E-state index in [1.54, 1.807) is 11.3 Å². The first-order chi connectivity index (χ1) is 7.79. The van der Waals surface area contributed by atoms with Crippen LogP contribution in [0.2, 0.25) is 0 Å². The number of aryl methyl sites for hydroxylation is 1. The topological polar surface area (TPSA) is 28.2 Å². The molecule has 3 nitrogen and oxygen atoms in total. The number of aromatic nitrogens is 1. The summed E-state index contributed by atoms with van der Waals surface area (Å²) >= 11 is 1.79. The van der Waals surface area contributed by atoms with Crippen LogP contribution < -0.4 is 5.32 Å². The van der Waals surface area contributed by atoms with Gasteiger partial charge in [0, 0.05) is 18.0 Å². The van der Waals surface area contributed by atoms with Crippen LogP contribution in [0.4, 0.5) is 0 Å². The fourth-order valence-corrected chi connectivity index (χ4v) is 3.07. The molecule has 4 heteroatoms. The highest BCUT2D eigenvalue weighted by Gasteiger charge is 2.22. The zero-order valence-electron chi connectivity index (χ0n) is 10.2. The summed E-state index contributed by atoms with van der Waals surface area (Å²) in [5, 5.41) is 3.44. The summed E-state index contributed by atoms with van der Waals surface area (Å²) in [6, 6.07) is 0. The normalized spacial score (nSPS) is 21.8. The van der Waals surface area contributed by atoms with Gasteiger partial charge in [-0.1, -0.05) is 6.92 Å². The Kier molecular flexibility index (Phi) is 4.32. The predicted molar refractivity (Wildman–Crippen MR) is 68.8 cm³/mol. The SMILES string of the molecule is CCNCC1CCN(Cc2scnc2C)C1. The minimum Gasteiger partial charge on any atom is -0.317 e. The van der Waals surface area contributed by atoms with Gasteiger partial charge in [-0.15, -0.1) is 11.3 Å².